The van der Waals surface area contributed by atoms with E-state index in [4.69, 9.17) is 5.73 Å². The van der Waals surface area contributed by atoms with Crippen LogP contribution >= 0.6 is 23.7 Å². The van der Waals surface area contributed by atoms with Gasteiger partial charge in [0.05, 0.1) is 11.7 Å². The summed E-state index contributed by atoms with van der Waals surface area (Å²) in [5, 5.41) is 0.635. The van der Waals surface area contributed by atoms with Crippen LogP contribution < -0.4 is 11.3 Å². The maximum atomic E-state index is 12.7. The van der Waals surface area contributed by atoms with Crippen LogP contribution in [0.5, 0.6) is 0 Å². The maximum Gasteiger partial charge on any atom is 0.262 e. The molecular weight excluding hydrogens is 360 g/mol. The molecule has 2 atom stereocenters. The second-order valence-electron chi connectivity index (χ2n) is 6.75. The van der Waals surface area contributed by atoms with E-state index in [1.54, 1.807) is 0 Å². The first-order valence-corrected chi connectivity index (χ1v) is 9.18. The highest BCUT2D eigenvalue weighted by Crippen LogP contribution is 2.25. The molecule has 3 heterocycles. The number of carbonyl (C=O) groups is 1. The van der Waals surface area contributed by atoms with Crippen LogP contribution in [0.1, 0.15) is 30.2 Å². The van der Waals surface area contributed by atoms with E-state index >= 15 is 0 Å². The van der Waals surface area contributed by atoms with Gasteiger partial charge >= 0.3 is 0 Å². The van der Waals surface area contributed by atoms with Crippen LogP contribution in [0.3, 0.4) is 0 Å². The number of piperidine rings is 1. The van der Waals surface area contributed by atoms with Crippen molar-refractivity contribution in [2.24, 2.45) is 11.7 Å². The highest BCUT2D eigenvalue weighted by molar-refractivity contribution is 7.18. The summed E-state index contributed by atoms with van der Waals surface area (Å²) in [5.41, 5.74) is 6.67. The fourth-order valence-corrected chi connectivity index (χ4v) is 4.41. The van der Waals surface area contributed by atoms with Gasteiger partial charge in [-0.2, -0.15) is 0 Å². The lowest BCUT2D eigenvalue weighted by molar-refractivity contribution is -0.136. The first-order chi connectivity index (χ1) is 11.4. The number of rotatable bonds is 3. The molecule has 138 valence electrons. The molecule has 0 aliphatic carbocycles. The second kappa shape index (κ2) is 7.85. The highest BCUT2D eigenvalue weighted by atomic mass is 35.5. The summed E-state index contributed by atoms with van der Waals surface area (Å²) in [6.07, 6.45) is 3.40. The molecular formula is C17H25ClN4O2S. The van der Waals surface area contributed by atoms with E-state index in [1.165, 1.54) is 22.2 Å². The van der Waals surface area contributed by atoms with Gasteiger partial charge in [0.15, 0.2) is 0 Å². The SMILES string of the molecule is Cc1sc2ncn(CC(=O)N3CCC(C)CC3CN)c(=O)c2c1C.Cl. The number of likely N-dealkylation sites (tertiary alicyclic amines) is 1. The molecule has 2 aromatic rings. The zero-order valence-electron chi connectivity index (χ0n) is 14.8. The number of nitrogens with two attached hydrogens (primary N) is 1. The predicted molar refractivity (Wildman–Crippen MR) is 104 cm³/mol. The Morgan fingerprint density at radius 2 is 2.16 bits per heavy atom. The van der Waals surface area contributed by atoms with Gasteiger partial charge in [0, 0.05) is 24.0 Å². The van der Waals surface area contributed by atoms with E-state index in [0.717, 1.165) is 28.1 Å². The van der Waals surface area contributed by atoms with Gasteiger partial charge in [-0.25, -0.2) is 4.98 Å². The van der Waals surface area contributed by atoms with Gasteiger partial charge in [0.1, 0.15) is 11.4 Å². The Hall–Kier alpha value is -1.44. The number of halogens is 1. The average Bonchev–Trinajstić information content (AvgIpc) is 2.85. The van der Waals surface area contributed by atoms with Gasteiger partial charge in [0.25, 0.3) is 5.56 Å². The van der Waals surface area contributed by atoms with Crippen molar-refractivity contribution in [2.75, 3.05) is 13.1 Å². The Bertz CT molecular complexity index is 832. The molecule has 1 fully saturated rings. The smallest absolute Gasteiger partial charge is 0.262 e. The summed E-state index contributed by atoms with van der Waals surface area (Å²) in [6.45, 7) is 7.31. The van der Waals surface area contributed by atoms with Crippen LogP contribution in [0.4, 0.5) is 0 Å². The van der Waals surface area contributed by atoms with E-state index in [0.29, 0.717) is 24.4 Å². The van der Waals surface area contributed by atoms with Gasteiger partial charge in [-0.1, -0.05) is 6.92 Å². The summed E-state index contributed by atoms with van der Waals surface area (Å²) < 4.78 is 1.43. The van der Waals surface area contributed by atoms with Crippen molar-refractivity contribution in [3.63, 3.8) is 0 Å². The number of thiophene rings is 1. The zero-order valence-corrected chi connectivity index (χ0v) is 16.5. The molecule has 0 saturated carbocycles. The Labute approximate surface area is 157 Å². The Morgan fingerprint density at radius 3 is 2.84 bits per heavy atom. The molecule has 6 nitrogen and oxygen atoms in total. The average molecular weight is 385 g/mol. The quantitative estimate of drug-likeness (QED) is 0.878. The van der Waals surface area contributed by atoms with Crippen molar-refractivity contribution < 1.29 is 4.79 Å². The van der Waals surface area contributed by atoms with Crippen molar-refractivity contribution in [3.8, 4) is 0 Å². The maximum absolute atomic E-state index is 12.7. The van der Waals surface area contributed by atoms with Crippen molar-refractivity contribution in [2.45, 2.75) is 46.2 Å². The van der Waals surface area contributed by atoms with E-state index < -0.39 is 0 Å². The van der Waals surface area contributed by atoms with E-state index in [-0.39, 0.29) is 36.5 Å². The van der Waals surface area contributed by atoms with E-state index in [9.17, 15) is 9.59 Å². The van der Waals surface area contributed by atoms with Gasteiger partial charge in [-0.15, -0.1) is 23.7 Å². The molecule has 3 rings (SSSR count). The lowest BCUT2D eigenvalue weighted by Crippen LogP contribution is -2.50. The summed E-state index contributed by atoms with van der Waals surface area (Å²) in [6, 6.07) is 0.0683. The van der Waals surface area contributed by atoms with Crippen molar-refractivity contribution >= 4 is 39.9 Å². The third-order valence-corrected chi connectivity index (χ3v) is 6.15. The van der Waals surface area contributed by atoms with Crippen LogP contribution in [-0.4, -0.2) is 39.5 Å². The summed E-state index contributed by atoms with van der Waals surface area (Å²) >= 11 is 1.52. The van der Waals surface area contributed by atoms with Crippen LogP contribution in [0.25, 0.3) is 10.2 Å². The minimum absolute atomic E-state index is 0. The molecule has 2 N–H and O–H groups in total. The molecule has 8 heteroatoms. The van der Waals surface area contributed by atoms with E-state index in [1.807, 2.05) is 18.7 Å². The van der Waals surface area contributed by atoms with Gasteiger partial charge in [-0.05, 0) is 38.2 Å². The van der Waals surface area contributed by atoms with Crippen molar-refractivity contribution in [1.82, 2.24) is 14.5 Å². The predicted octanol–water partition coefficient (Wildman–Crippen LogP) is 2.08. The normalized spacial score (nSPS) is 20.6. The van der Waals surface area contributed by atoms with Gasteiger partial charge in [0.2, 0.25) is 5.91 Å². The van der Waals surface area contributed by atoms with Gasteiger partial charge < -0.3 is 10.6 Å². The lowest BCUT2D eigenvalue weighted by atomic mass is 9.92. The lowest BCUT2D eigenvalue weighted by Gasteiger charge is -2.38. The summed E-state index contributed by atoms with van der Waals surface area (Å²) in [4.78, 5) is 33.5. The van der Waals surface area contributed by atoms with Gasteiger partial charge in [-0.3, -0.25) is 14.2 Å². The van der Waals surface area contributed by atoms with Crippen LogP contribution in [-0.2, 0) is 11.3 Å². The largest absolute Gasteiger partial charge is 0.337 e. The molecule has 1 saturated heterocycles. The molecule has 1 aliphatic heterocycles. The Kier molecular flexibility index (Phi) is 6.24. The highest BCUT2D eigenvalue weighted by Gasteiger charge is 2.29. The standard InChI is InChI=1S/C17H24N4O2S.ClH/c1-10-4-5-21(13(6-10)7-18)14(22)8-20-9-19-16-15(17(20)23)11(2)12(3)24-16;/h9-10,13H,4-8,18H2,1-3H3;1H. The fourth-order valence-electron chi connectivity index (χ4n) is 3.42. The number of aryl methyl sites for hydroxylation is 2. The third kappa shape index (κ3) is 3.73. The minimum atomic E-state index is -0.134. The number of nitrogens with zero attached hydrogens (tertiary/aromatic N) is 3. The molecule has 0 aromatic carbocycles. The number of hydrogen-bond acceptors (Lipinski definition) is 5. The van der Waals surface area contributed by atoms with Crippen molar-refractivity contribution in [3.05, 3.63) is 27.1 Å². The number of hydrogen-bond donors (Lipinski definition) is 1. The molecule has 1 aliphatic rings. The Morgan fingerprint density at radius 1 is 1.44 bits per heavy atom. The number of amides is 1. The molecule has 1 amide bonds. The second-order valence-corrected chi connectivity index (χ2v) is 7.95. The molecule has 2 aromatic heterocycles. The Balaban J connectivity index is 0.00000225. The first kappa shape index (κ1) is 19.9. The van der Waals surface area contributed by atoms with E-state index in [2.05, 4.69) is 11.9 Å². The fraction of sp³-hybridized carbons (Fsp3) is 0.588. The van der Waals surface area contributed by atoms with Crippen LogP contribution in [0.15, 0.2) is 11.1 Å². The van der Waals surface area contributed by atoms with Crippen molar-refractivity contribution in [1.29, 1.82) is 0 Å². The molecule has 2 unspecified atom stereocenters. The number of fused-ring (bicyclic) bond motifs is 1. The topological polar surface area (TPSA) is 81.2 Å². The molecule has 0 bridgehead atoms. The number of aromatic nitrogens is 2. The zero-order chi connectivity index (χ0) is 17.4. The monoisotopic (exact) mass is 384 g/mol. The summed E-state index contributed by atoms with van der Waals surface area (Å²) in [5.74, 6) is 0.532. The third-order valence-electron chi connectivity index (χ3n) is 5.03. The molecule has 0 radical (unpaired) electrons. The first-order valence-electron chi connectivity index (χ1n) is 8.37. The molecule has 0 spiro atoms. The molecule has 25 heavy (non-hydrogen) atoms. The minimum Gasteiger partial charge on any atom is -0.337 e. The van der Waals surface area contributed by atoms with Crippen LogP contribution in [0.2, 0.25) is 0 Å². The summed E-state index contributed by atoms with van der Waals surface area (Å²) in [7, 11) is 0. The van der Waals surface area contributed by atoms with Crippen LogP contribution in [0, 0.1) is 19.8 Å². The number of carbonyl (C=O) groups excluding carboxylic acids is 1.